The zero-order valence-corrected chi connectivity index (χ0v) is 21.8. The summed E-state index contributed by atoms with van der Waals surface area (Å²) >= 11 is 0. The van der Waals surface area contributed by atoms with E-state index in [1.165, 1.54) is 5.57 Å². The first-order chi connectivity index (χ1) is 18.3. The number of likely N-dealkylation sites (tertiary alicyclic amines) is 1. The Kier molecular flexibility index (Phi) is 7.40. The van der Waals surface area contributed by atoms with Crippen LogP contribution in [0.2, 0.25) is 0 Å². The fraction of sp³-hybridized carbons (Fsp3) is 0.500. The lowest BCUT2D eigenvalue weighted by Gasteiger charge is -2.33. The quantitative estimate of drug-likeness (QED) is 0.456. The number of carbonyl (C=O) groups excluding carboxylic acids is 1. The molecule has 202 valence electrons. The van der Waals surface area contributed by atoms with Crippen LogP contribution in [0.1, 0.15) is 57.7 Å². The number of nitrogen functional groups attached to an aromatic ring is 1. The van der Waals surface area contributed by atoms with E-state index in [4.69, 9.17) is 25.1 Å². The van der Waals surface area contributed by atoms with Crippen molar-refractivity contribution in [1.82, 2.24) is 20.4 Å². The van der Waals surface area contributed by atoms with E-state index in [2.05, 4.69) is 22.6 Å². The number of carboxylic acids is 1. The highest BCUT2D eigenvalue weighted by molar-refractivity contribution is 5.75. The van der Waals surface area contributed by atoms with E-state index in [0.29, 0.717) is 36.2 Å². The number of hydrogen-bond donors (Lipinski definition) is 3. The maximum Gasteiger partial charge on any atom is 0.317 e. The van der Waals surface area contributed by atoms with Crippen LogP contribution < -0.4 is 15.8 Å². The number of rotatable bonds is 7. The molecule has 0 bridgehead atoms. The van der Waals surface area contributed by atoms with Crippen molar-refractivity contribution in [2.45, 2.75) is 64.0 Å². The Bertz CT molecular complexity index is 1240. The molecule has 1 aliphatic heterocycles. The number of carbonyl (C=O) groups is 2. The standard InChI is InChI=1S/C28H35N5O5/c1-16(2)37-24-9-6-18(15-22(24)29)27-31-26(32-38-27)21-5-3-4-20-19(21)7-8-23(20)30-28(36)33-12-10-17(11-13-33)14-25(34)35/h3-6,9,15-17,19,21,23H,7-8,10-14,29H2,1-2H3,(H,30,36)(H,34,35)/t19?,21?,23-/m0/s1. The number of allylic oxidation sites excluding steroid dienone is 3. The minimum absolute atomic E-state index is 0.0227. The van der Waals surface area contributed by atoms with Crippen LogP contribution in [0.15, 0.2) is 46.5 Å². The number of nitrogens with two attached hydrogens (primary N) is 1. The molecule has 2 heterocycles. The minimum atomic E-state index is -0.774. The molecule has 1 aromatic carbocycles. The molecule has 0 radical (unpaired) electrons. The van der Waals surface area contributed by atoms with Gasteiger partial charge in [0.2, 0.25) is 0 Å². The summed E-state index contributed by atoms with van der Waals surface area (Å²) in [7, 11) is 0. The minimum Gasteiger partial charge on any atom is -0.489 e. The topological polar surface area (TPSA) is 144 Å². The second kappa shape index (κ2) is 10.9. The average molecular weight is 522 g/mol. The summed E-state index contributed by atoms with van der Waals surface area (Å²) in [6, 6.07) is 5.33. The van der Waals surface area contributed by atoms with E-state index in [9.17, 15) is 9.59 Å². The van der Waals surface area contributed by atoms with Gasteiger partial charge in [-0.3, -0.25) is 4.79 Å². The predicted octanol–water partition coefficient (Wildman–Crippen LogP) is 4.36. The van der Waals surface area contributed by atoms with Gasteiger partial charge in [0.1, 0.15) is 5.75 Å². The molecular formula is C28H35N5O5. The lowest BCUT2D eigenvalue weighted by molar-refractivity contribution is -0.138. The molecule has 3 aliphatic rings. The zero-order valence-electron chi connectivity index (χ0n) is 21.8. The molecule has 10 nitrogen and oxygen atoms in total. The number of piperidine rings is 1. The van der Waals surface area contributed by atoms with E-state index < -0.39 is 5.97 Å². The molecular weight excluding hydrogens is 486 g/mol. The van der Waals surface area contributed by atoms with E-state index in [0.717, 1.165) is 31.2 Å². The fourth-order valence-corrected chi connectivity index (χ4v) is 5.76. The van der Waals surface area contributed by atoms with Gasteiger partial charge in [-0.15, -0.1) is 0 Å². The molecule has 1 saturated heterocycles. The average Bonchev–Trinajstić information content (AvgIpc) is 3.53. The van der Waals surface area contributed by atoms with Gasteiger partial charge in [-0.25, -0.2) is 4.79 Å². The number of fused-ring (bicyclic) bond motifs is 1. The normalized spacial score (nSPS) is 23.3. The lowest BCUT2D eigenvalue weighted by atomic mass is 9.83. The molecule has 38 heavy (non-hydrogen) atoms. The summed E-state index contributed by atoms with van der Waals surface area (Å²) in [5.74, 6) is 1.15. The van der Waals surface area contributed by atoms with Crippen molar-refractivity contribution in [2.24, 2.45) is 11.8 Å². The highest BCUT2D eigenvalue weighted by Gasteiger charge is 2.39. The highest BCUT2D eigenvalue weighted by atomic mass is 16.5. The summed E-state index contributed by atoms with van der Waals surface area (Å²) in [6.45, 7) is 5.07. The van der Waals surface area contributed by atoms with Gasteiger partial charge in [0.15, 0.2) is 5.82 Å². The number of benzene rings is 1. The third kappa shape index (κ3) is 5.54. The first kappa shape index (κ1) is 25.8. The molecule has 10 heteroatoms. The van der Waals surface area contributed by atoms with Crippen LogP contribution in [0.5, 0.6) is 5.75 Å². The number of aromatic nitrogens is 2. The number of carboxylic acid groups (broad SMARTS) is 1. The van der Waals surface area contributed by atoms with Crippen molar-refractivity contribution in [3.8, 4) is 17.2 Å². The number of nitrogens with zero attached hydrogens (tertiary/aromatic N) is 3. The van der Waals surface area contributed by atoms with Crippen LogP contribution in [-0.2, 0) is 4.79 Å². The molecule has 2 unspecified atom stereocenters. The summed E-state index contributed by atoms with van der Waals surface area (Å²) in [5, 5.41) is 16.5. The Morgan fingerprint density at radius 2 is 2.03 bits per heavy atom. The monoisotopic (exact) mass is 521 g/mol. The van der Waals surface area contributed by atoms with Gasteiger partial charge in [-0.1, -0.05) is 23.4 Å². The molecule has 0 spiro atoms. The van der Waals surface area contributed by atoms with Gasteiger partial charge < -0.3 is 30.3 Å². The van der Waals surface area contributed by atoms with Crippen molar-refractivity contribution in [1.29, 1.82) is 0 Å². The van der Waals surface area contributed by atoms with Crippen LogP contribution in [0.3, 0.4) is 0 Å². The van der Waals surface area contributed by atoms with Gasteiger partial charge in [0.25, 0.3) is 5.89 Å². The van der Waals surface area contributed by atoms with Crippen molar-refractivity contribution < 1.29 is 24.0 Å². The second-order valence-electron chi connectivity index (χ2n) is 10.7. The van der Waals surface area contributed by atoms with Crippen molar-refractivity contribution >= 4 is 17.7 Å². The van der Waals surface area contributed by atoms with Gasteiger partial charge in [0, 0.05) is 31.0 Å². The fourth-order valence-electron chi connectivity index (χ4n) is 5.76. The molecule has 2 fully saturated rings. The van der Waals surface area contributed by atoms with Crippen LogP contribution in [0.25, 0.3) is 11.5 Å². The number of hydrogen-bond acceptors (Lipinski definition) is 7. The summed E-state index contributed by atoms with van der Waals surface area (Å²) in [5.41, 5.74) is 8.59. The molecule has 3 atom stereocenters. The molecule has 2 aromatic rings. The Balaban J connectivity index is 1.22. The first-order valence-corrected chi connectivity index (χ1v) is 13.3. The number of ether oxygens (including phenoxy) is 1. The number of amides is 2. The van der Waals surface area contributed by atoms with Crippen LogP contribution in [0, 0.1) is 11.8 Å². The van der Waals surface area contributed by atoms with Crippen LogP contribution in [0.4, 0.5) is 10.5 Å². The molecule has 5 rings (SSSR count). The number of urea groups is 1. The second-order valence-corrected chi connectivity index (χ2v) is 10.7. The summed E-state index contributed by atoms with van der Waals surface area (Å²) < 4.78 is 11.3. The van der Waals surface area contributed by atoms with E-state index in [1.54, 1.807) is 11.0 Å². The molecule has 2 amide bonds. The molecule has 2 aliphatic carbocycles. The van der Waals surface area contributed by atoms with Gasteiger partial charge in [-0.2, -0.15) is 4.98 Å². The van der Waals surface area contributed by atoms with Gasteiger partial charge in [-0.05, 0) is 75.1 Å². The third-order valence-electron chi connectivity index (χ3n) is 7.66. The first-order valence-electron chi connectivity index (χ1n) is 13.3. The Morgan fingerprint density at radius 1 is 1.24 bits per heavy atom. The number of anilines is 1. The lowest BCUT2D eigenvalue weighted by Crippen LogP contribution is -2.48. The zero-order chi connectivity index (χ0) is 26.8. The number of aliphatic carboxylic acids is 1. The molecule has 4 N–H and O–H groups in total. The van der Waals surface area contributed by atoms with E-state index in [-0.39, 0.29) is 42.4 Å². The Morgan fingerprint density at radius 3 is 2.74 bits per heavy atom. The van der Waals surface area contributed by atoms with Crippen LogP contribution >= 0.6 is 0 Å². The maximum absolute atomic E-state index is 13.0. The maximum atomic E-state index is 13.0. The van der Waals surface area contributed by atoms with E-state index >= 15 is 0 Å². The molecule has 1 aromatic heterocycles. The smallest absolute Gasteiger partial charge is 0.317 e. The Hall–Kier alpha value is -3.82. The summed E-state index contributed by atoms with van der Waals surface area (Å²) in [4.78, 5) is 30.4. The number of nitrogens with one attached hydrogen (secondary N) is 1. The highest BCUT2D eigenvalue weighted by Crippen LogP contribution is 2.44. The van der Waals surface area contributed by atoms with Crippen molar-refractivity contribution in [3.05, 3.63) is 47.8 Å². The largest absolute Gasteiger partial charge is 0.489 e. The SMILES string of the molecule is CC(C)Oc1ccc(-c2nc(C3C=CC=C4C3CC[C@@H]4NC(=O)N3CCC(CC(=O)O)CC3)no2)cc1N. The van der Waals surface area contributed by atoms with E-state index in [1.807, 2.05) is 32.1 Å². The summed E-state index contributed by atoms with van der Waals surface area (Å²) in [6.07, 6.45) is 9.57. The van der Waals surface area contributed by atoms with Gasteiger partial charge >= 0.3 is 12.0 Å². The molecule has 1 saturated carbocycles. The van der Waals surface area contributed by atoms with Crippen molar-refractivity contribution in [2.75, 3.05) is 18.8 Å². The van der Waals surface area contributed by atoms with Crippen molar-refractivity contribution in [3.63, 3.8) is 0 Å². The van der Waals surface area contributed by atoms with Crippen LogP contribution in [-0.4, -0.2) is 57.4 Å². The van der Waals surface area contributed by atoms with Gasteiger partial charge in [0.05, 0.1) is 17.8 Å². The predicted molar refractivity (Wildman–Crippen MR) is 141 cm³/mol. The Labute approximate surface area is 221 Å². The third-order valence-corrected chi connectivity index (χ3v) is 7.66.